The molecule has 0 saturated carbocycles. The van der Waals surface area contributed by atoms with E-state index in [1.165, 1.54) is 11.1 Å². The van der Waals surface area contributed by atoms with Crippen LogP contribution in [0.3, 0.4) is 0 Å². The summed E-state index contributed by atoms with van der Waals surface area (Å²) in [5.74, 6) is 0. The van der Waals surface area contributed by atoms with E-state index in [0.717, 1.165) is 7.25 Å². The van der Waals surface area contributed by atoms with Gasteiger partial charge in [0.25, 0.3) is 0 Å². The maximum Gasteiger partial charge on any atom is -1.00 e. The van der Waals surface area contributed by atoms with Gasteiger partial charge in [-0.25, -0.2) is 0 Å². The van der Waals surface area contributed by atoms with Gasteiger partial charge in [0.05, 0.1) is 0 Å². The topological polar surface area (TPSA) is 0 Å². The number of allylic oxidation sites excluding steroid dienone is 5. The first-order valence-corrected chi connectivity index (χ1v) is 16.8. The summed E-state index contributed by atoms with van der Waals surface area (Å²) in [7, 11) is 0. The van der Waals surface area contributed by atoms with E-state index in [-0.39, 0.29) is 30.2 Å². The van der Waals surface area contributed by atoms with Gasteiger partial charge in [0.15, 0.2) is 0 Å². The third kappa shape index (κ3) is 3.87. The smallest absolute Gasteiger partial charge is 1.00 e. The fourth-order valence-corrected chi connectivity index (χ4v) is 23.2. The molecule has 0 nitrogen and oxygen atoms in total. The Morgan fingerprint density at radius 3 is 2.04 bits per heavy atom. The maximum absolute atomic E-state index is 2.57. The average Bonchev–Trinajstić information content (AvgIpc) is 3.04. The fourth-order valence-electron chi connectivity index (χ4n) is 3.82. The quantitative estimate of drug-likeness (QED) is 0.545. The van der Waals surface area contributed by atoms with Gasteiger partial charge in [0.1, 0.15) is 0 Å². The zero-order valence-electron chi connectivity index (χ0n) is 14.5. The molecule has 0 aromatic heterocycles. The van der Waals surface area contributed by atoms with Crippen molar-refractivity contribution in [3.8, 4) is 0 Å². The third-order valence-corrected chi connectivity index (χ3v) is 24.3. The number of fused-ring (bicyclic) bond motifs is 1. The van der Waals surface area contributed by atoms with Crippen LogP contribution in [-0.2, 0) is 20.4 Å². The summed E-state index contributed by atoms with van der Waals surface area (Å²) in [4.78, 5) is 0. The molecule has 0 bridgehead atoms. The molecule has 0 aliphatic heterocycles. The molecular formula is C19H24Cl2SiZr. The van der Waals surface area contributed by atoms with Gasteiger partial charge < -0.3 is 24.8 Å². The average molecular weight is 443 g/mol. The van der Waals surface area contributed by atoms with Crippen molar-refractivity contribution in [2.24, 2.45) is 0 Å². The van der Waals surface area contributed by atoms with Gasteiger partial charge in [0, 0.05) is 0 Å². The molecule has 23 heavy (non-hydrogen) atoms. The molecule has 2 aliphatic rings. The zero-order valence-corrected chi connectivity index (χ0v) is 19.4. The summed E-state index contributed by atoms with van der Waals surface area (Å²) >= 11 is -1.58. The number of rotatable bonds is 2. The van der Waals surface area contributed by atoms with Gasteiger partial charge in [0.2, 0.25) is 0 Å². The molecule has 1 unspecified atom stereocenters. The standard InChI is InChI=1S/C12H13.C5H5.C2H6Si.2ClH.Zr/c1-8-6-11-9(2)4-5-10(3)12(11)7-8;1-2-4-5-3-1;1-3-2;;;/h4-7H,1-3H3;1-5H;1-2H3;2*1H;/q;;;;;+2/p-2. The van der Waals surface area contributed by atoms with Crippen molar-refractivity contribution in [1.29, 1.82) is 0 Å². The van der Waals surface area contributed by atoms with Gasteiger partial charge in [-0.2, -0.15) is 0 Å². The van der Waals surface area contributed by atoms with E-state index in [1.807, 2.05) is 0 Å². The first kappa shape index (κ1) is 21.2. The first-order chi connectivity index (χ1) is 10.0. The number of hydrogen-bond donors (Lipinski definition) is 0. The second-order valence-corrected chi connectivity index (χ2v) is 24.7. The molecule has 3 rings (SSSR count). The van der Waals surface area contributed by atoms with Crippen LogP contribution in [0.25, 0.3) is 6.08 Å². The molecule has 0 N–H and O–H groups in total. The Kier molecular flexibility index (Phi) is 7.80. The maximum atomic E-state index is 2.57. The van der Waals surface area contributed by atoms with E-state index >= 15 is 0 Å². The summed E-state index contributed by atoms with van der Waals surface area (Å²) in [5, 5.41) is 0. The van der Waals surface area contributed by atoms with E-state index in [9.17, 15) is 0 Å². The Morgan fingerprint density at radius 1 is 0.913 bits per heavy atom. The molecular weight excluding hydrogens is 418 g/mol. The van der Waals surface area contributed by atoms with Gasteiger partial charge in [-0.15, -0.1) is 0 Å². The van der Waals surface area contributed by atoms with Crippen LogP contribution in [-0.4, -0.2) is 5.43 Å². The van der Waals surface area contributed by atoms with Crippen LogP contribution in [0, 0.1) is 13.8 Å². The van der Waals surface area contributed by atoms with E-state index in [1.54, 1.807) is 16.7 Å². The summed E-state index contributed by atoms with van der Waals surface area (Å²) in [6, 6.07) is 4.63. The van der Waals surface area contributed by atoms with Crippen molar-refractivity contribution in [1.82, 2.24) is 0 Å². The van der Waals surface area contributed by atoms with Crippen LogP contribution in [0.4, 0.5) is 0 Å². The predicted octanol–water partition coefficient (Wildman–Crippen LogP) is -0.447. The minimum Gasteiger partial charge on any atom is -1.00 e. The normalized spacial score (nSPS) is 17.7. The third-order valence-electron chi connectivity index (χ3n) is 4.83. The van der Waals surface area contributed by atoms with E-state index in [2.05, 4.69) is 76.4 Å². The molecule has 1 atom stereocenters. The molecule has 4 heteroatoms. The summed E-state index contributed by atoms with van der Waals surface area (Å²) in [5.41, 5.74) is 7.67. The van der Waals surface area contributed by atoms with Crippen molar-refractivity contribution in [3.63, 3.8) is 0 Å². The number of halogens is 2. The second kappa shape index (κ2) is 8.48. The molecule has 0 amide bonds. The van der Waals surface area contributed by atoms with Crippen molar-refractivity contribution >= 4 is 11.5 Å². The van der Waals surface area contributed by atoms with E-state index in [4.69, 9.17) is 0 Å². The van der Waals surface area contributed by atoms with Crippen molar-refractivity contribution < 1.29 is 45.2 Å². The molecule has 1 aromatic rings. The largest absolute Gasteiger partial charge is 1.00 e. The summed E-state index contributed by atoms with van der Waals surface area (Å²) in [6.45, 7) is 12.1. The number of benzene rings is 1. The summed E-state index contributed by atoms with van der Waals surface area (Å²) in [6.07, 6.45) is 12.0. The van der Waals surface area contributed by atoms with Crippen LogP contribution in [0.2, 0.25) is 16.7 Å². The van der Waals surface area contributed by atoms with Crippen molar-refractivity contribution in [2.75, 3.05) is 0 Å². The minimum atomic E-state index is -1.58. The van der Waals surface area contributed by atoms with E-state index < -0.39 is 20.4 Å². The van der Waals surface area contributed by atoms with Crippen molar-refractivity contribution in [3.05, 3.63) is 64.3 Å². The molecule has 0 saturated heterocycles. The molecule has 1 aromatic carbocycles. The van der Waals surface area contributed by atoms with Gasteiger partial charge in [-0.3, -0.25) is 0 Å². The first-order valence-electron chi connectivity index (χ1n) is 7.81. The van der Waals surface area contributed by atoms with Crippen LogP contribution in [0.15, 0.2) is 42.0 Å². The van der Waals surface area contributed by atoms with Crippen LogP contribution in [0.1, 0.15) is 32.8 Å². The molecule has 0 radical (unpaired) electrons. The minimum absolute atomic E-state index is 0. The number of aryl methyl sites for hydroxylation is 2. The molecule has 0 spiro atoms. The Labute approximate surface area is 161 Å². The summed E-state index contributed by atoms with van der Waals surface area (Å²) < 4.78 is 1.62. The predicted molar refractivity (Wildman–Crippen MR) is 91.8 cm³/mol. The van der Waals surface area contributed by atoms with Crippen molar-refractivity contribution in [2.45, 2.75) is 41.1 Å². The number of hydrogen-bond acceptors (Lipinski definition) is 0. The Morgan fingerprint density at radius 2 is 1.48 bits per heavy atom. The SMILES string of the molecule is CC1=Cc2c(C)ccc(C)c2[CH]1[Zr+2]([CH]1C=CC=C1)=[Si](C)C.[Cl-].[Cl-]. The second-order valence-electron chi connectivity index (χ2n) is 6.60. The van der Waals surface area contributed by atoms with Crippen LogP contribution < -0.4 is 24.8 Å². The molecule has 0 fully saturated rings. The fraction of sp³-hybridized carbons (Fsp3) is 0.368. The van der Waals surface area contributed by atoms with E-state index in [0.29, 0.717) is 0 Å². The Hall–Kier alpha value is 0.120. The molecule has 2 aliphatic carbocycles. The van der Waals surface area contributed by atoms with Crippen LogP contribution >= 0.6 is 0 Å². The Bertz CT molecular complexity index is 713. The molecule has 0 heterocycles. The zero-order chi connectivity index (χ0) is 15.1. The van der Waals surface area contributed by atoms with Crippen LogP contribution in [0.5, 0.6) is 0 Å². The van der Waals surface area contributed by atoms with Gasteiger partial charge in [-0.1, -0.05) is 0 Å². The monoisotopic (exact) mass is 440 g/mol. The van der Waals surface area contributed by atoms with Gasteiger partial charge in [-0.05, 0) is 0 Å². The Balaban J connectivity index is 0.00000132. The van der Waals surface area contributed by atoms with Gasteiger partial charge >= 0.3 is 137 Å². The molecule has 122 valence electrons.